The molecule has 0 saturated carbocycles. The smallest absolute Gasteiger partial charge is 0.178 e. The Morgan fingerprint density at radius 1 is 1.12 bits per heavy atom. The molecule has 0 radical (unpaired) electrons. The van der Waals surface area contributed by atoms with Crippen molar-refractivity contribution < 1.29 is 0 Å². The average Bonchev–Trinajstić information content (AvgIpc) is 2.76. The molecule has 0 aliphatic carbocycles. The Hall–Kier alpha value is -2.43. The number of benzene rings is 1. The molecule has 5 heteroatoms. The summed E-state index contributed by atoms with van der Waals surface area (Å²) in [6.45, 7) is 0. The standard InChI is InChI=1S/C11H9N5/c12-8-2-1-3-9-7(8)4-10(16-9)11-14-5-13-6-15-11/h1-6,16H,12H2. The molecule has 1 aromatic carbocycles. The van der Waals surface area contributed by atoms with Gasteiger partial charge in [0, 0.05) is 16.6 Å². The highest BCUT2D eigenvalue weighted by atomic mass is 15.0. The number of hydrogen-bond acceptors (Lipinski definition) is 4. The van der Waals surface area contributed by atoms with Crippen molar-refractivity contribution in [2.75, 3.05) is 5.73 Å². The highest BCUT2D eigenvalue weighted by Gasteiger charge is 2.06. The zero-order chi connectivity index (χ0) is 11.0. The molecule has 5 nitrogen and oxygen atoms in total. The predicted molar refractivity (Wildman–Crippen MR) is 61.5 cm³/mol. The van der Waals surface area contributed by atoms with Crippen LogP contribution in [0, 0.1) is 0 Å². The van der Waals surface area contributed by atoms with Crippen LogP contribution in [0.25, 0.3) is 22.4 Å². The van der Waals surface area contributed by atoms with Gasteiger partial charge in [0.2, 0.25) is 0 Å². The molecule has 0 unspecified atom stereocenters. The van der Waals surface area contributed by atoms with Crippen LogP contribution >= 0.6 is 0 Å². The molecule has 0 bridgehead atoms. The number of nitrogens with two attached hydrogens (primary N) is 1. The second-order valence-electron chi connectivity index (χ2n) is 3.45. The molecule has 16 heavy (non-hydrogen) atoms. The van der Waals surface area contributed by atoms with E-state index in [9.17, 15) is 0 Å². The predicted octanol–water partition coefficient (Wildman–Crippen LogP) is 1.60. The zero-order valence-electron chi connectivity index (χ0n) is 8.38. The minimum absolute atomic E-state index is 0.616. The molecular weight excluding hydrogens is 202 g/mol. The maximum absolute atomic E-state index is 5.87. The van der Waals surface area contributed by atoms with Gasteiger partial charge in [-0.05, 0) is 18.2 Å². The van der Waals surface area contributed by atoms with Crippen molar-refractivity contribution in [3.8, 4) is 11.5 Å². The van der Waals surface area contributed by atoms with E-state index in [1.54, 1.807) is 0 Å². The second kappa shape index (κ2) is 3.30. The fourth-order valence-corrected chi connectivity index (χ4v) is 1.68. The summed E-state index contributed by atoms with van der Waals surface area (Å²) in [5, 5.41) is 0.984. The van der Waals surface area contributed by atoms with E-state index in [-0.39, 0.29) is 0 Å². The number of anilines is 1. The molecule has 0 spiro atoms. The third-order valence-corrected chi connectivity index (χ3v) is 2.43. The quantitative estimate of drug-likeness (QED) is 0.599. The molecule has 3 N–H and O–H groups in total. The molecule has 0 aliphatic heterocycles. The van der Waals surface area contributed by atoms with Crippen LogP contribution in [-0.2, 0) is 0 Å². The van der Waals surface area contributed by atoms with E-state index in [1.807, 2.05) is 24.3 Å². The van der Waals surface area contributed by atoms with Crippen molar-refractivity contribution >= 4 is 16.6 Å². The molecular formula is C11H9N5. The Morgan fingerprint density at radius 2 is 1.94 bits per heavy atom. The number of nitrogen functional groups attached to an aromatic ring is 1. The topological polar surface area (TPSA) is 80.5 Å². The summed E-state index contributed by atoms with van der Waals surface area (Å²) in [7, 11) is 0. The van der Waals surface area contributed by atoms with Gasteiger partial charge in [-0.15, -0.1) is 0 Å². The first-order valence-electron chi connectivity index (χ1n) is 4.84. The fourth-order valence-electron chi connectivity index (χ4n) is 1.68. The SMILES string of the molecule is Nc1cccc2[nH]c(-c3ncncn3)cc12. The summed E-state index contributed by atoms with van der Waals surface area (Å²) in [6, 6.07) is 7.69. The lowest BCUT2D eigenvalue weighted by Crippen LogP contribution is -1.88. The van der Waals surface area contributed by atoms with Gasteiger partial charge in [0.25, 0.3) is 0 Å². The monoisotopic (exact) mass is 211 g/mol. The van der Waals surface area contributed by atoms with Crippen molar-refractivity contribution in [1.29, 1.82) is 0 Å². The molecule has 2 heterocycles. The van der Waals surface area contributed by atoms with Crippen molar-refractivity contribution in [3.05, 3.63) is 36.9 Å². The van der Waals surface area contributed by atoms with Crippen molar-refractivity contribution in [3.63, 3.8) is 0 Å². The lowest BCUT2D eigenvalue weighted by atomic mass is 10.2. The average molecular weight is 211 g/mol. The first-order valence-corrected chi connectivity index (χ1v) is 4.84. The van der Waals surface area contributed by atoms with Gasteiger partial charge in [-0.2, -0.15) is 0 Å². The van der Waals surface area contributed by atoms with Crippen LogP contribution in [0.4, 0.5) is 5.69 Å². The minimum atomic E-state index is 0.616. The van der Waals surface area contributed by atoms with Crippen LogP contribution < -0.4 is 5.73 Å². The van der Waals surface area contributed by atoms with Gasteiger partial charge < -0.3 is 10.7 Å². The Morgan fingerprint density at radius 3 is 2.69 bits per heavy atom. The molecule has 0 amide bonds. The van der Waals surface area contributed by atoms with Crippen LogP contribution in [0.15, 0.2) is 36.9 Å². The second-order valence-corrected chi connectivity index (χ2v) is 3.45. The van der Waals surface area contributed by atoms with Gasteiger partial charge in [0.1, 0.15) is 12.7 Å². The molecule has 0 fully saturated rings. The van der Waals surface area contributed by atoms with Crippen LogP contribution in [-0.4, -0.2) is 19.9 Å². The van der Waals surface area contributed by atoms with Gasteiger partial charge in [-0.25, -0.2) is 15.0 Å². The number of nitrogens with one attached hydrogen (secondary N) is 1. The van der Waals surface area contributed by atoms with Gasteiger partial charge in [0.05, 0.1) is 5.69 Å². The van der Waals surface area contributed by atoms with E-state index in [1.165, 1.54) is 12.7 Å². The van der Waals surface area contributed by atoms with Gasteiger partial charge in [-0.1, -0.05) is 6.07 Å². The molecule has 78 valence electrons. The van der Waals surface area contributed by atoms with E-state index in [0.29, 0.717) is 5.82 Å². The maximum Gasteiger partial charge on any atom is 0.178 e. The van der Waals surface area contributed by atoms with Crippen LogP contribution in [0.1, 0.15) is 0 Å². The van der Waals surface area contributed by atoms with Crippen molar-refractivity contribution in [2.45, 2.75) is 0 Å². The number of nitrogens with zero attached hydrogens (tertiary/aromatic N) is 3. The number of aromatic nitrogens is 4. The third kappa shape index (κ3) is 1.30. The molecule has 3 rings (SSSR count). The summed E-state index contributed by atoms with van der Waals surface area (Å²) < 4.78 is 0. The molecule has 3 aromatic rings. The van der Waals surface area contributed by atoms with E-state index < -0.39 is 0 Å². The minimum Gasteiger partial charge on any atom is -0.398 e. The molecule has 0 atom stereocenters. The molecule has 2 aromatic heterocycles. The molecule has 0 aliphatic rings. The van der Waals surface area contributed by atoms with E-state index in [4.69, 9.17) is 5.73 Å². The van der Waals surface area contributed by atoms with E-state index in [0.717, 1.165) is 22.3 Å². The van der Waals surface area contributed by atoms with Gasteiger partial charge in [-0.3, -0.25) is 0 Å². The van der Waals surface area contributed by atoms with Crippen molar-refractivity contribution in [2.24, 2.45) is 0 Å². The number of rotatable bonds is 1. The van der Waals surface area contributed by atoms with E-state index in [2.05, 4.69) is 19.9 Å². The van der Waals surface area contributed by atoms with Crippen LogP contribution in [0.2, 0.25) is 0 Å². The van der Waals surface area contributed by atoms with Gasteiger partial charge in [0.15, 0.2) is 5.82 Å². The van der Waals surface area contributed by atoms with Crippen molar-refractivity contribution in [1.82, 2.24) is 19.9 Å². The first kappa shape index (κ1) is 8.84. The van der Waals surface area contributed by atoms with Crippen LogP contribution in [0.3, 0.4) is 0 Å². The maximum atomic E-state index is 5.87. The number of aromatic amines is 1. The highest BCUT2D eigenvalue weighted by molar-refractivity contribution is 5.94. The fraction of sp³-hybridized carbons (Fsp3) is 0. The summed E-state index contributed by atoms with van der Waals surface area (Å²) in [5.41, 5.74) is 8.44. The Bertz CT molecular complexity index is 629. The largest absolute Gasteiger partial charge is 0.398 e. The lowest BCUT2D eigenvalue weighted by molar-refractivity contribution is 1.05. The number of H-pyrrole nitrogens is 1. The third-order valence-electron chi connectivity index (χ3n) is 2.43. The summed E-state index contributed by atoms with van der Waals surface area (Å²) in [4.78, 5) is 15.2. The first-order chi connectivity index (χ1) is 7.84. The summed E-state index contributed by atoms with van der Waals surface area (Å²) in [6.07, 6.45) is 2.94. The lowest BCUT2D eigenvalue weighted by Gasteiger charge is -1.92. The highest BCUT2D eigenvalue weighted by Crippen LogP contribution is 2.25. The Balaban J connectivity index is 2.23. The normalized spacial score (nSPS) is 10.8. The summed E-state index contributed by atoms with van der Waals surface area (Å²) >= 11 is 0. The zero-order valence-corrected chi connectivity index (χ0v) is 8.38. The summed E-state index contributed by atoms with van der Waals surface area (Å²) in [5.74, 6) is 0.616. The van der Waals surface area contributed by atoms with Gasteiger partial charge >= 0.3 is 0 Å². The van der Waals surface area contributed by atoms with E-state index >= 15 is 0 Å². The Labute approximate surface area is 91.4 Å². The Kier molecular flexibility index (Phi) is 1.83. The molecule has 0 saturated heterocycles. The number of hydrogen-bond donors (Lipinski definition) is 2. The van der Waals surface area contributed by atoms with Crippen LogP contribution in [0.5, 0.6) is 0 Å². The number of fused-ring (bicyclic) bond motifs is 1.